The van der Waals surface area contributed by atoms with Crippen LogP contribution in [-0.2, 0) is 4.74 Å². The van der Waals surface area contributed by atoms with E-state index in [2.05, 4.69) is 12.2 Å². The van der Waals surface area contributed by atoms with Crippen LogP contribution in [0.2, 0.25) is 0 Å². The summed E-state index contributed by atoms with van der Waals surface area (Å²) in [6, 6.07) is 0.324. The molecule has 1 fully saturated rings. The van der Waals surface area contributed by atoms with Crippen molar-refractivity contribution in [1.29, 1.82) is 0 Å². The zero-order chi connectivity index (χ0) is 11.5. The Morgan fingerprint density at radius 1 is 1.40 bits per heavy atom. The molecule has 2 unspecified atom stereocenters. The van der Waals surface area contributed by atoms with Crippen molar-refractivity contribution in [3.05, 3.63) is 0 Å². The molecule has 3 heteroatoms. The van der Waals surface area contributed by atoms with E-state index >= 15 is 0 Å². The van der Waals surface area contributed by atoms with Crippen molar-refractivity contribution >= 4 is 6.09 Å². The molecule has 0 heterocycles. The van der Waals surface area contributed by atoms with Gasteiger partial charge in [0.15, 0.2) is 0 Å². The summed E-state index contributed by atoms with van der Waals surface area (Å²) < 4.78 is 5.24. The van der Waals surface area contributed by atoms with Crippen LogP contribution in [0, 0.1) is 5.92 Å². The second-order valence-corrected chi connectivity index (χ2v) is 5.35. The lowest BCUT2D eigenvalue weighted by Gasteiger charge is -2.24. The standard InChI is InChI=1S/C12H23NO2/c1-5-9-7-6-8-10(9)13-11(14)15-12(2,3)4/h9-10H,5-8H2,1-4H3,(H,13,14). The highest BCUT2D eigenvalue weighted by molar-refractivity contribution is 5.68. The monoisotopic (exact) mass is 213 g/mol. The van der Waals surface area contributed by atoms with E-state index in [9.17, 15) is 4.79 Å². The van der Waals surface area contributed by atoms with Gasteiger partial charge in [0.25, 0.3) is 0 Å². The summed E-state index contributed by atoms with van der Waals surface area (Å²) in [6.07, 6.45) is 4.42. The second-order valence-electron chi connectivity index (χ2n) is 5.35. The van der Waals surface area contributed by atoms with Crippen molar-refractivity contribution in [2.75, 3.05) is 0 Å². The minimum Gasteiger partial charge on any atom is -0.444 e. The molecular formula is C12H23NO2. The lowest BCUT2D eigenvalue weighted by molar-refractivity contribution is 0.0492. The smallest absolute Gasteiger partial charge is 0.407 e. The quantitative estimate of drug-likeness (QED) is 0.765. The van der Waals surface area contributed by atoms with Crippen molar-refractivity contribution < 1.29 is 9.53 Å². The van der Waals surface area contributed by atoms with Gasteiger partial charge in [-0.25, -0.2) is 4.79 Å². The zero-order valence-corrected chi connectivity index (χ0v) is 10.3. The van der Waals surface area contributed by atoms with Crippen LogP contribution in [0.25, 0.3) is 0 Å². The van der Waals surface area contributed by atoms with Crippen molar-refractivity contribution in [3.63, 3.8) is 0 Å². The molecule has 2 atom stereocenters. The maximum atomic E-state index is 11.5. The number of carbonyl (C=O) groups is 1. The van der Waals surface area contributed by atoms with Gasteiger partial charge in [0.05, 0.1) is 0 Å². The Morgan fingerprint density at radius 3 is 2.60 bits per heavy atom. The average Bonchev–Trinajstić information content (AvgIpc) is 2.48. The molecule has 1 aliphatic carbocycles. The molecule has 88 valence electrons. The molecule has 0 saturated heterocycles. The maximum absolute atomic E-state index is 11.5. The van der Waals surface area contributed by atoms with Gasteiger partial charge in [-0.2, -0.15) is 0 Å². The van der Waals surface area contributed by atoms with Crippen LogP contribution < -0.4 is 5.32 Å². The Labute approximate surface area is 92.6 Å². The molecule has 15 heavy (non-hydrogen) atoms. The number of hydrogen-bond acceptors (Lipinski definition) is 2. The van der Waals surface area contributed by atoms with Crippen molar-refractivity contribution in [2.45, 2.75) is 65.0 Å². The number of amides is 1. The molecule has 0 bridgehead atoms. The molecular weight excluding hydrogens is 190 g/mol. The summed E-state index contributed by atoms with van der Waals surface area (Å²) >= 11 is 0. The van der Waals surface area contributed by atoms with E-state index in [4.69, 9.17) is 4.74 Å². The van der Waals surface area contributed by atoms with Gasteiger partial charge >= 0.3 is 6.09 Å². The molecule has 1 amide bonds. The SMILES string of the molecule is CCC1CCCC1NC(=O)OC(C)(C)C. The minimum absolute atomic E-state index is 0.271. The number of carbonyl (C=O) groups excluding carboxylic acids is 1. The fourth-order valence-corrected chi connectivity index (χ4v) is 2.17. The summed E-state index contributed by atoms with van der Waals surface area (Å²) in [7, 11) is 0. The lowest BCUT2D eigenvalue weighted by atomic mass is 10.0. The van der Waals surface area contributed by atoms with Crippen LogP contribution in [0.1, 0.15) is 53.4 Å². The second kappa shape index (κ2) is 4.86. The summed E-state index contributed by atoms with van der Waals surface area (Å²) in [6.45, 7) is 7.84. The summed E-state index contributed by atoms with van der Waals surface area (Å²) in [5.41, 5.74) is -0.398. The topological polar surface area (TPSA) is 38.3 Å². The highest BCUT2D eigenvalue weighted by Gasteiger charge is 2.28. The average molecular weight is 213 g/mol. The van der Waals surface area contributed by atoms with Crippen molar-refractivity contribution in [1.82, 2.24) is 5.32 Å². The molecule has 1 N–H and O–H groups in total. The molecule has 1 aliphatic rings. The Hall–Kier alpha value is -0.730. The molecule has 0 spiro atoms. The third-order valence-corrected chi connectivity index (χ3v) is 2.89. The van der Waals surface area contributed by atoms with E-state index in [1.807, 2.05) is 20.8 Å². The van der Waals surface area contributed by atoms with Crippen LogP contribution in [0.15, 0.2) is 0 Å². The molecule has 1 saturated carbocycles. The number of ether oxygens (including phenoxy) is 1. The number of nitrogens with one attached hydrogen (secondary N) is 1. The lowest BCUT2D eigenvalue weighted by Crippen LogP contribution is -2.40. The Bertz CT molecular complexity index is 220. The Balaban J connectivity index is 2.37. The number of alkyl carbamates (subject to hydrolysis) is 1. The van der Waals surface area contributed by atoms with Gasteiger partial charge in [-0.05, 0) is 39.5 Å². The number of rotatable bonds is 2. The van der Waals surface area contributed by atoms with Gasteiger partial charge in [0.1, 0.15) is 5.60 Å². The largest absolute Gasteiger partial charge is 0.444 e. The predicted molar refractivity (Wildman–Crippen MR) is 60.8 cm³/mol. The zero-order valence-electron chi connectivity index (χ0n) is 10.3. The van der Waals surface area contributed by atoms with E-state index in [1.165, 1.54) is 12.8 Å². The summed E-state index contributed by atoms with van der Waals surface area (Å²) in [4.78, 5) is 11.5. The third-order valence-electron chi connectivity index (χ3n) is 2.89. The molecule has 0 aliphatic heterocycles. The summed E-state index contributed by atoms with van der Waals surface area (Å²) in [5.74, 6) is 0.637. The molecule has 0 aromatic rings. The van der Waals surface area contributed by atoms with Gasteiger partial charge < -0.3 is 10.1 Å². The first kappa shape index (κ1) is 12.3. The summed E-state index contributed by atoms with van der Waals surface area (Å²) in [5, 5.41) is 2.98. The van der Waals surface area contributed by atoms with Gasteiger partial charge in [-0.3, -0.25) is 0 Å². The van der Waals surface area contributed by atoms with E-state index in [-0.39, 0.29) is 6.09 Å². The van der Waals surface area contributed by atoms with Crippen LogP contribution in [-0.4, -0.2) is 17.7 Å². The minimum atomic E-state index is -0.398. The highest BCUT2D eigenvalue weighted by atomic mass is 16.6. The fraction of sp³-hybridized carbons (Fsp3) is 0.917. The van der Waals surface area contributed by atoms with Crippen LogP contribution >= 0.6 is 0 Å². The van der Waals surface area contributed by atoms with Gasteiger partial charge in [0, 0.05) is 6.04 Å². The Morgan fingerprint density at radius 2 is 2.07 bits per heavy atom. The molecule has 0 radical (unpaired) electrons. The molecule has 0 aromatic carbocycles. The normalized spacial score (nSPS) is 26.4. The van der Waals surface area contributed by atoms with Gasteiger partial charge in [-0.1, -0.05) is 19.8 Å². The molecule has 3 nitrogen and oxygen atoms in total. The maximum Gasteiger partial charge on any atom is 0.407 e. The van der Waals surface area contributed by atoms with E-state index < -0.39 is 5.60 Å². The predicted octanol–water partition coefficient (Wildman–Crippen LogP) is 3.09. The molecule has 0 aromatic heterocycles. The molecule has 1 rings (SSSR count). The Kier molecular flexibility index (Phi) is 4.00. The van der Waals surface area contributed by atoms with Crippen LogP contribution in [0.5, 0.6) is 0 Å². The first-order valence-corrected chi connectivity index (χ1v) is 5.92. The van der Waals surface area contributed by atoms with E-state index in [0.717, 1.165) is 12.8 Å². The third kappa shape index (κ3) is 4.10. The van der Waals surface area contributed by atoms with Crippen molar-refractivity contribution in [2.24, 2.45) is 5.92 Å². The van der Waals surface area contributed by atoms with Crippen LogP contribution in [0.4, 0.5) is 4.79 Å². The van der Waals surface area contributed by atoms with Gasteiger partial charge in [-0.15, -0.1) is 0 Å². The van der Waals surface area contributed by atoms with E-state index in [1.54, 1.807) is 0 Å². The van der Waals surface area contributed by atoms with Gasteiger partial charge in [0.2, 0.25) is 0 Å². The highest BCUT2D eigenvalue weighted by Crippen LogP contribution is 2.28. The van der Waals surface area contributed by atoms with E-state index in [0.29, 0.717) is 12.0 Å². The number of hydrogen-bond donors (Lipinski definition) is 1. The first-order chi connectivity index (χ1) is 6.92. The first-order valence-electron chi connectivity index (χ1n) is 5.92. The van der Waals surface area contributed by atoms with Crippen LogP contribution in [0.3, 0.4) is 0 Å². The fourth-order valence-electron chi connectivity index (χ4n) is 2.17. The van der Waals surface area contributed by atoms with Crippen molar-refractivity contribution in [3.8, 4) is 0 Å².